The second-order valence-electron chi connectivity index (χ2n) is 6.48. The van der Waals surface area contributed by atoms with E-state index in [4.69, 9.17) is 5.10 Å². The first-order valence-electron chi connectivity index (χ1n) is 8.79. The quantitative estimate of drug-likeness (QED) is 0.679. The molecule has 3 nitrogen and oxygen atoms in total. The number of ketones is 1. The summed E-state index contributed by atoms with van der Waals surface area (Å²) in [5.41, 5.74) is 3.90. The van der Waals surface area contributed by atoms with Crippen molar-refractivity contribution in [3.63, 3.8) is 0 Å². The Morgan fingerprint density at radius 3 is 1.92 bits per heavy atom. The molecule has 3 heteroatoms. The molecular weight excluding hydrogens is 320 g/mol. The molecule has 0 saturated heterocycles. The third kappa shape index (κ3) is 2.92. The van der Waals surface area contributed by atoms with Crippen molar-refractivity contribution in [2.75, 3.05) is 5.01 Å². The number of nitrogens with zero attached hydrogens (tertiary/aromatic N) is 2. The first kappa shape index (κ1) is 16.3. The van der Waals surface area contributed by atoms with Crippen molar-refractivity contribution in [3.8, 4) is 0 Å². The molecule has 26 heavy (non-hydrogen) atoms. The number of rotatable bonds is 4. The zero-order valence-electron chi connectivity index (χ0n) is 14.6. The number of carbonyl (C=O) groups is 1. The van der Waals surface area contributed by atoms with Gasteiger partial charge in [-0.1, -0.05) is 78.9 Å². The summed E-state index contributed by atoms with van der Waals surface area (Å²) in [5.74, 6) is -0.181. The Balaban J connectivity index is 1.88. The number of hydrogen-bond donors (Lipinski definition) is 0. The molecule has 0 amide bonds. The molecule has 0 spiro atoms. The maximum atomic E-state index is 12.7. The van der Waals surface area contributed by atoms with E-state index in [2.05, 4.69) is 12.1 Å². The Kier molecular flexibility index (Phi) is 4.36. The van der Waals surface area contributed by atoms with Gasteiger partial charge in [0.25, 0.3) is 0 Å². The minimum atomic E-state index is -0.306. The molecule has 1 aliphatic heterocycles. The molecule has 128 valence electrons. The van der Waals surface area contributed by atoms with Gasteiger partial charge in [0, 0.05) is 0 Å². The minimum absolute atomic E-state index is 0.125. The summed E-state index contributed by atoms with van der Waals surface area (Å²) in [6.45, 7) is 1.66. The van der Waals surface area contributed by atoms with E-state index in [1.807, 2.05) is 83.9 Å². The monoisotopic (exact) mass is 340 g/mol. The second-order valence-corrected chi connectivity index (χ2v) is 6.48. The van der Waals surface area contributed by atoms with Gasteiger partial charge in [0.2, 0.25) is 0 Å². The van der Waals surface area contributed by atoms with E-state index in [1.54, 1.807) is 6.92 Å². The van der Waals surface area contributed by atoms with Crippen LogP contribution in [0.4, 0.5) is 5.69 Å². The van der Waals surface area contributed by atoms with E-state index in [-0.39, 0.29) is 17.7 Å². The molecule has 3 aromatic rings. The van der Waals surface area contributed by atoms with Gasteiger partial charge in [0.05, 0.1) is 23.4 Å². The Hall–Kier alpha value is -3.20. The summed E-state index contributed by atoms with van der Waals surface area (Å²) in [5, 5.41) is 6.91. The number of Topliss-reactive ketones (excluding diaryl/α,β-unsaturated/α-hetero) is 1. The van der Waals surface area contributed by atoms with Gasteiger partial charge in [-0.15, -0.1) is 0 Å². The predicted octanol–water partition coefficient (Wildman–Crippen LogP) is 4.86. The summed E-state index contributed by atoms with van der Waals surface area (Å²) in [6, 6.07) is 30.0. The van der Waals surface area contributed by atoms with Crippen LogP contribution in [0.25, 0.3) is 0 Å². The maximum absolute atomic E-state index is 12.7. The van der Waals surface area contributed by atoms with Crippen LogP contribution in [0.15, 0.2) is 96.1 Å². The number of hydrazone groups is 1. The van der Waals surface area contributed by atoms with Gasteiger partial charge in [0.1, 0.15) is 5.78 Å². The zero-order valence-corrected chi connectivity index (χ0v) is 14.6. The van der Waals surface area contributed by atoms with Crippen molar-refractivity contribution in [3.05, 3.63) is 102 Å². The molecule has 1 aliphatic rings. The van der Waals surface area contributed by atoms with Gasteiger partial charge in [-0.2, -0.15) is 5.10 Å². The van der Waals surface area contributed by atoms with Crippen LogP contribution >= 0.6 is 0 Å². The molecule has 1 heterocycles. The van der Waals surface area contributed by atoms with Gasteiger partial charge >= 0.3 is 0 Å². The highest BCUT2D eigenvalue weighted by atomic mass is 16.1. The van der Waals surface area contributed by atoms with Crippen LogP contribution in [0, 0.1) is 5.92 Å². The Morgan fingerprint density at radius 2 is 1.35 bits per heavy atom. The second kappa shape index (κ2) is 6.96. The van der Waals surface area contributed by atoms with Crippen LogP contribution in [0.1, 0.15) is 24.1 Å². The molecule has 4 rings (SSSR count). The van der Waals surface area contributed by atoms with Crippen LogP contribution in [-0.4, -0.2) is 11.5 Å². The van der Waals surface area contributed by atoms with Crippen LogP contribution in [0.5, 0.6) is 0 Å². The van der Waals surface area contributed by atoms with Gasteiger partial charge in [-0.3, -0.25) is 9.80 Å². The topological polar surface area (TPSA) is 32.7 Å². The number of para-hydroxylation sites is 1. The number of hydrogen-bond acceptors (Lipinski definition) is 3. The van der Waals surface area contributed by atoms with E-state index >= 15 is 0 Å². The molecule has 2 unspecified atom stereocenters. The molecule has 0 radical (unpaired) electrons. The minimum Gasteiger partial charge on any atom is -0.299 e. The fourth-order valence-corrected chi connectivity index (χ4v) is 3.58. The Labute approximate surface area is 153 Å². The summed E-state index contributed by atoms with van der Waals surface area (Å²) in [4.78, 5) is 12.7. The van der Waals surface area contributed by atoms with E-state index in [0.717, 1.165) is 22.5 Å². The molecule has 0 bridgehead atoms. The molecule has 3 aromatic carbocycles. The average molecular weight is 340 g/mol. The van der Waals surface area contributed by atoms with Crippen molar-refractivity contribution in [1.29, 1.82) is 0 Å². The van der Waals surface area contributed by atoms with Crippen molar-refractivity contribution in [2.45, 2.75) is 13.0 Å². The van der Waals surface area contributed by atoms with Gasteiger partial charge in [-0.05, 0) is 30.2 Å². The highest BCUT2D eigenvalue weighted by Gasteiger charge is 2.42. The van der Waals surface area contributed by atoms with Crippen molar-refractivity contribution in [1.82, 2.24) is 0 Å². The Bertz CT molecular complexity index is 920. The number of carbonyl (C=O) groups excluding carboxylic acids is 1. The third-order valence-electron chi connectivity index (χ3n) is 4.76. The predicted molar refractivity (Wildman–Crippen MR) is 105 cm³/mol. The van der Waals surface area contributed by atoms with Crippen molar-refractivity contribution < 1.29 is 4.79 Å². The molecule has 2 atom stereocenters. The van der Waals surface area contributed by atoms with Crippen LogP contribution in [0.3, 0.4) is 0 Å². The lowest BCUT2D eigenvalue weighted by Crippen LogP contribution is -2.30. The highest BCUT2D eigenvalue weighted by Crippen LogP contribution is 2.41. The smallest absolute Gasteiger partial charge is 0.141 e. The van der Waals surface area contributed by atoms with E-state index < -0.39 is 0 Å². The lowest BCUT2D eigenvalue weighted by atomic mass is 9.84. The lowest BCUT2D eigenvalue weighted by molar-refractivity contribution is -0.119. The standard InChI is InChI=1S/C23H20N2O/c1-17(26)21-22(18-11-5-2-6-12-18)24-25(20-15-9-4-10-16-20)23(21)19-13-7-3-8-14-19/h2-16,21,23H,1H3. The zero-order chi connectivity index (χ0) is 17.9. The lowest BCUT2D eigenvalue weighted by Gasteiger charge is -2.27. The normalized spacial score (nSPS) is 19.3. The van der Waals surface area contributed by atoms with Gasteiger partial charge in [0.15, 0.2) is 0 Å². The van der Waals surface area contributed by atoms with Crippen molar-refractivity contribution in [2.24, 2.45) is 11.0 Å². The fraction of sp³-hybridized carbons (Fsp3) is 0.130. The summed E-state index contributed by atoms with van der Waals surface area (Å²) in [6.07, 6.45) is 0. The summed E-state index contributed by atoms with van der Waals surface area (Å²) >= 11 is 0. The highest BCUT2D eigenvalue weighted by molar-refractivity contribution is 6.15. The SMILES string of the molecule is CC(=O)C1C(c2ccccc2)=NN(c2ccccc2)C1c1ccccc1. The van der Waals surface area contributed by atoms with Gasteiger partial charge in [-0.25, -0.2) is 0 Å². The van der Waals surface area contributed by atoms with Crippen LogP contribution in [-0.2, 0) is 4.79 Å². The number of benzene rings is 3. The molecule has 0 fully saturated rings. The fourth-order valence-electron chi connectivity index (χ4n) is 3.58. The molecule has 0 aromatic heterocycles. The molecule has 0 N–H and O–H groups in total. The van der Waals surface area contributed by atoms with Crippen LogP contribution in [0.2, 0.25) is 0 Å². The van der Waals surface area contributed by atoms with E-state index in [0.29, 0.717) is 0 Å². The van der Waals surface area contributed by atoms with Crippen LogP contribution < -0.4 is 5.01 Å². The molecule has 0 aliphatic carbocycles. The molecule has 0 saturated carbocycles. The van der Waals surface area contributed by atoms with Crippen molar-refractivity contribution >= 4 is 17.2 Å². The largest absolute Gasteiger partial charge is 0.299 e. The van der Waals surface area contributed by atoms with E-state index in [1.165, 1.54) is 0 Å². The third-order valence-corrected chi connectivity index (χ3v) is 4.76. The average Bonchev–Trinajstić information content (AvgIpc) is 3.11. The Morgan fingerprint density at radius 1 is 0.808 bits per heavy atom. The summed E-state index contributed by atoms with van der Waals surface area (Å²) in [7, 11) is 0. The van der Waals surface area contributed by atoms with E-state index in [9.17, 15) is 4.79 Å². The van der Waals surface area contributed by atoms with Gasteiger partial charge < -0.3 is 0 Å². The number of anilines is 1. The first-order valence-corrected chi connectivity index (χ1v) is 8.79. The molecular formula is C23H20N2O. The maximum Gasteiger partial charge on any atom is 0.141 e. The first-order chi connectivity index (χ1) is 12.8. The summed E-state index contributed by atoms with van der Waals surface area (Å²) < 4.78 is 0.